The van der Waals surface area contributed by atoms with E-state index in [9.17, 15) is 50.6 Å². The van der Waals surface area contributed by atoms with Gasteiger partial charge in [0.05, 0.1) is 40.8 Å². The second kappa shape index (κ2) is 14.2. The van der Waals surface area contributed by atoms with Crippen molar-refractivity contribution in [2.45, 2.75) is 25.2 Å². The third-order valence-electron chi connectivity index (χ3n) is 10.8. The number of ether oxygens (including phenoxy) is 1. The number of carbonyl (C=O) groups is 4. The van der Waals surface area contributed by atoms with Crippen LogP contribution in [0.15, 0.2) is 60.2 Å². The first-order valence-corrected chi connectivity index (χ1v) is 18.0. The number of benzene rings is 1. The monoisotopic (exact) mass is 838 g/mol. The van der Waals surface area contributed by atoms with Gasteiger partial charge in [-0.05, 0) is 60.7 Å². The highest BCUT2D eigenvalue weighted by atomic mass is 35.5. The van der Waals surface area contributed by atoms with Gasteiger partial charge in [0, 0.05) is 20.0 Å². The van der Waals surface area contributed by atoms with E-state index in [1.807, 2.05) is 0 Å². The lowest BCUT2D eigenvalue weighted by Crippen LogP contribution is -2.46. The average molecular weight is 840 g/mol. The molecule has 3 aromatic rings. The molecule has 57 heavy (non-hydrogen) atoms. The molecule has 2 aliphatic heterocycles. The molecule has 4 aliphatic rings. The van der Waals surface area contributed by atoms with Crippen LogP contribution in [0, 0.1) is 35.5 Å². The van der Waals surface area contributed by atoms with E-state index in [2.05, 4.69) is 9.97 Å². The normalized spacial score (nSPS) is 24.8. The van der Waals surface area contributed by atoms with E-state index >= 15 is 0 Å². The summed E-state index contributed by atoms with van der Waals surface area (Å²) in [4.78, 5) is 64.2. The molecule has 2 saturated heterocycles. The lowest BCUT2D eigenvalue weighted by molar-refractivity contribution is -0.143. The first kappa shape index (κ1) is 39.9. The summed E-state index contributed by atoms with van der Waals surface area (Å²) in [6.45, 7) is 0. The highest BCUT2D eigenvalue weighted by Crippen LogP contribution is 2.56. The van der Waals surface area contributed by atoms with Crippen LogP contribution in [0.4, 0.5) is 38.0 Å². The van der Waals surface area contributed by atoms with Crippen LogP contribution in [0.5, 0.6) is 11.5 Å². The number of phenols is 1. The maximum atomic E-state index is 14.4. The molecule has 2 aliphatic carbocycles. The zero-order valence-electron chi connectivity index (χ0n) is 29.8. The quantitative estimate of drug-likeness (QED) is 0.153. The van der Waals surface area contributed by atoms with Gasteiger partial charge in [0.2, 0.25) is 0 Å². The van der Waals surface area contributed by atoms with E-state index < -0.39 is 94.5 Å². The molecule has 0 radical (unpaired) electrons. The number of aromatic hydroxyl groups is 1. The molecular weight excluding hydrogens is 809 g/mol. The highest BCUT2D eigenvalue weighted by Gasteiger charge is 2.63. The molecule has 6 unspecified atom stereocenters. The number of halogens is 8. The van der Waals surface area contributed by atoms with Gasteiger partial charge in [0.25, 0.3) is 23.6 Å². The van der Waals surface area contributed by atoms with Crippen LogP contribution in [0.3, 0.4) is 0 Å². The molecule has 4 amide bonds. The summed E-state index contributed by atoms with van der Waals surface area (Å²) < 4.78 is 87.0. The number of amides is 4. The van der Waals surface area contributed by atoms with Crippen molar-refractivity contribution in [1.82, 2.24) is 20.0 Å². The Morgan fingerprint density at radius 1 is 0.772 bits per heavy atom. The van der Waals surface area contributed by atoms with Gasteiger partial charge in [-0.1, -0.05) is 53.1 Å². The number of fused-ring (bicyclic) bond motifs is 4. The van der Waals surface area contributed by atoms with Crippen molar-refractivity contribution in [3.63, 3.8) is 0 Å². The predicted octanol–water partition coefficient (Wildman–Crippen LogP) is 6.82. The number of allylic oxidation sites excluding steroid dienone is 3. The lowest BCUT2D eigenvalue weighted by atomic mass is 9.58. The minimum absolute atomic E-state index is 0.0144. The zero-order valence-corrected chi connectivity index (χ0v) is 31.4. The fourth-order valence-electron chi connectivity index (χ4n) is 8.24. The Kier molecular flexibility index (Phi) is 9.95. The van der Waals surface area contributed by atoms with Gasteiger partial charge in [-0.15, -0.1) is 0 Å². The Labute approximate surface area is 329 Å². The molecule has 300 valence electrons. The molecule has 0 bridgehead atoms. The molecule has 12 nitrogen and oxygen atoms in total. The molecule has 7 rings (SSSR count). The molecular formula is C37H30Cl2F6N6O6. The number of nitrogens with zero attached hydrogens (tertiary/aromatic N) is 6. The molecule has 0 spiro atoms. The summed E-state index contributed by atoms with van der Waals surface area (Å²) in [5.74, 6) is -10.4. The van der Waals surface area contributed by atoms with Crippen molar-refractivity contribution in [3.8, 4) is 11.5 Å². The van der Waals surface area contributed by atoms with Gasteiger partial charge in [-0.2, -0.15) is 36.4 Å². The molecule has 20 heteroatoms. The molecule has 6 atom stereocenters. The number of imide groups is 2. The number of methoxy groups -OCH3 is 1. The second-order valence-electron chi connectivity index (χ2n) is 13.9. The molecule has 1 aromatic carbocycles. The van der Waals surface area contributed by atoms with Crippen molar-refractivity contribution < 1.29 is 55.4 Å². The molecule has 1 saturated carbocycles. The SMILES string of the molecule is COc1cc(C=CC2C3=CCC4C(=O)N(N(C)c5nc(C(F)(F)F)ccc5Cl)C(=O)C4C3CC3C(=O)N(N(C)c4nc(C(F)(F)F)ccc4Cl)C(=O)C23)ccc1O. The van der Waals surface area contributed by atoms with E-state index in [0.717, 1.165) is 29.2 Å². The highest BCUT2D eigenvalue weighted by molar-refractivity contribution is 6.33. The number of anilines is 2. The Balaban J connectivity index is 1.28. The van der Waals surface area contributed by atoms with Crippen molar-refractivity contribution >= 4 is 64.5 Å². The van der Waals surface area contributed by atoms with Crippen LogP contribution < -0.4 is 14.8 Å². The average Bonchev–Trinajstić information content (AvgIpc) is 3.56. The number of aromatic nitrogens is 2. The number of hydrazine groups is 2. The number of phenolic OH excluding ortho intramolecular Hbond substituents is 1. The number of carbonyl (C=O) groups excluding carboxylic acids is 4. The Morgan fingerprint density at radius 3 is 1.82 bits per heavy atom. The summed E-state index contributed by atoms with van der Waals surface area (Å²) >= 11 is 12.5. The van der Waals surface area contributed by atoms with Crippen LogP contribution in [-0.4, -0.2) is 69.9 Å². The number of pyridine rings is 2. The predicted molar refractivity (Wildman–Crippen MR) is 191 cm³/mol. The minimum atomic E-state index is -4.88. The van der Waals surface area contributed by atoms with Gasteiger partial charge >= 0.3 is 12.4 Å². The maximum Gasteiger partial charge on any atom is 0.433 e. The van der Waals surface area contributed by atoms with Crippen LogP contribution in [0.1, 0.15) is 29.8 Å². The number of hydrogen-bond donors (Lipinski definition) is 1. The van der Waals surface area contributed by atoms with E-state index in [4.69, 9.17) is 27.9 Å². The first-order chi connectivity index (χ1) is 26.7. The van der Waals surface area contributed by atoms with Crippen molar-refractivity contribution in [2.75, 3.05) is 31.2 Å². The summed E-state index contributed by atoms with van der Waals surface area (Å²) in [5, 5.41) is 12.6. The fraction of sp³-hybridized carbons (Fsp3) is 0.351. The Hall–Kier alpha value is -5.36. The van der Waals surface area contributed by atoms with Gasteiger partial charge in [-0.3, -0.25) is 29.2 Å². The lowest BCUT2D eigenvalue weighted by Gasteiger charge is -2.42. The Morgan fingerprint density at radius 2 is 1.30 bits per heavy atom. The molecule has 2 aromatic heterocycles. The van der Waals surface area contributed by atoms with E-state index in [0.29, 0.717) is 33.3 Å². The first-order valence-electron chi connectivity index (χ1n) is 17.2. The van der Waals surface area contributed by atoms with Gasteiger partial charge in [0.15, 0.2) is 23.1 Å². The smallest absolute Gasteiger partial charge is 0.433 e. The van der Waals surface area contributed by atoms with E-state index in [1.54, 1.807) is 24.3 Å². The molecule has 1 N–H and O–H groups in total. The third-order valence-corrected chi connectivity index (χ3v) is 11.4. The van der Waals surface area contributed by atoms with Crippen LogP contribution >= 0.6 is 23.2 Å². The summed E-state index contributed by atoms with van der Waals surface area (Å²) in [7, 11) is 3.68. The van der Waals surface area contributed by atoms with Crippen LogP contribution in [0.2, 0.25) is 10.0 Å². The molecule has 3 fully saturated rings. The zero-order chi connectivity index (χ0) is 41.5. The van der Waals surface area contributed by atoms with Crippen molar-refractivity contribution in [1.29, 1.82) is 0 Å². The van der Waals surface area contributed by atoms with Crippen molar-refractivity contribution in [3.05, 3.63) is 87.2 Å². The van der Waals surface area contributed by atoms with E-state index in [1.165, 1.54) is 26.3 Å². The maximum absolute atomic E-state index is 14.4. The molecule has 4 heterocycles. The second-order valence-corrected chi connectivity index (χ2v) is 14.7. The number of rotatable bonds is 7. The number of alkyl halides is 6. The third kappa shape index (κ3) is 6.71. The van der Waals surface area contributed by atoms with E-state index in [-0.39, 0.29) is 34.4 Å². The van der Waals surface area contributed by atoms with Crippen LogP contribution in [-0.2, 0) is 31.5 Å². The summed E-state index contributed by atoms with van der Waals surface area (Å²) in [5.41, 5.74) is -1.60. The van der Waals surface area contributed by atoms with Gasteiger partial charge in [0.1, 0.15) is 11.4 Å². The van der Waals surface area contributed by atoms with Crippen molar-refractivity contribution in [2.24, 2.45) is 35.5 Å². The minimum Gasteiger partial charge on any atom is -0.504 e. The van der Waals surface area contributed by atoms with Gasteiger partial charge in [-0.25, -0.2) is 9.97 Å². The van der Waals surface area contributed by atoms with Gasteiger partial charge < -0.3 is 9.84 Å². The summed E-state index contributed by atoms with van der Waals surface area (Å²) in [6.07, 6.45) is -4.97. The largest absolute Gasteiger partial charge is 0.504 e. The topological polar surface area (TPSA) is 136 Å². The standard InChI is InChI=1S/C37H30Cl2F6N6O6/c1-48(30-22(38)9-12-26(46-30)36(40,41)42)50-32(53)19-8-7-17-18(6-4-16-5-11-24(52)25(14-16)57-3)28-21(15-20(17)29(19)35(50)56)33(54)51(34(28)55)49(2)31-23(39)10-13-27(47-31)37(43,44)45/h4-7,9-14,18-21,28-29,52H,8,15H2,1-3H3. The number of hydrogen-bond acceptors (Lipinski definition) is 10. The fourth-order valence-corrected chi connectivity index (χ4v) is 8.70. The summed E-state index contributed by atoms with van der Waals surface area (Å²) in [6, 6.07) is 7.63. The Bertz CT molecular complexity index is 2270. The van der Waals surface area contributed by atoms with Crippen LogP contribution in [0.25, 0.3) is 6.08 Å².